The smallest absolute Gasteiger partial charge is 0.309 e. The van der Waals surface area contributed by atoms with Crippen molar-refractivity contribution in [1.82, 2.24) is 4.90 Å². The lowest BCUT2D eigenvalue weighted by Crippen LogP contribution is -2.49. The third kappa shape index (κ3) is 5.70. The lowest BCUT2D eigenvalue weighted by molar-refractivity contribution is -0.147. The van der Waals surface area contributed by atoms with Crippen LogP contribution in [0, 0.1) is 17.2 Å². The monoisotopic (exact) mass is 430 g/mol. The van der Waals surface area contributed by atoms with E-state index in [-0.39, 0.29) is 24.8 Å². The summed E-state index contributed by atoms with van der Waals surface area (Å²) in [5.41, 5.74) is 1.42. The van der Waals surface area contributed by atoms with Crippen molar-refractivity contribution in [1.29, 1.82) is 5.26 Å². The topological polar surface area (TPSA) is 82.8 Å². The molecule has 0 amide bonds. The highest BCUT2D eigenvalue weighted by molar-refractivity contribution is 5.71. The summed E-state index contributed by atoms with van der Waals surface area (Å²) in [6.45, 7) is 4.84. The summed E-state index contributed by atoms with van der Waals surface area (Å²) in [7, 11) is 0. The largest absolute Gasteiger partial charge is 0.490 e. The number of nitriles is 1. The number of nitrogens with zero attached hydrogens (tertiary/aromatic N) is 2. The predicted octanol–water partition coefficient (Wildman–Crippen LogP) is 4.38. The van der Waals surface area contributed by atoms with E-state index in [4.69, 9.17) is 14.6 Å². The van der Waals surface area contributed by atoms with Crippen LogP contribution in [-0.2, 0) is 17.9 Å². The fourth-order valence-corrected chi connectivity index (χ4v) is 3.38. The molecule has 0 radical (unpaired) electrons. The van der Waals surface area contributed by atoms with Crippen LogP contribution in [0.15, 0.2) is 36.4 Å². The van der Waals surface area contributed by atoms with Crippen LogP contribution in [0.5, 0.6) is 11.5 Å². The molecule has 0 bridgehead atoms. The summed E-state index contributed by atoms with van der Waals surface area (Å²) in [5, 5.41) is 18.3. The second-order valence-electron chi connectivity index (χ2n) is 7.79. The Morgan fingerprint density at radius 1 is 1.26 bits per heavy atom. The molecule has 1 saturated heterocycles. The molecule has 8 heteroatoms. The maximum absolute atomic E-state index is 13.6. The maximum atomic E-state index is 13.6. The number of halogens is 2. The van der Waals surface area contributed by atoms with E-state index in [0.29, 0.717) is 35.7 Å². The number of hydrogen-bond donors (Lipinski definition) is 1. The molecule has 31 heavy (non-hydrogen) atoms. The highest BCUT2D eigenvalue weighted by Crippen LogP contribution is 2.30. The van der Waals surface area contributed by atoms with Crippen LogP contribution >= 0.6 is 0 Å². The van der Waals surface area contributed by atoms with E-state index in [9.17, 15) is 18.8 Å². The van der Waals surface area contributed by atoms with Gasteiger partial charge in [0.2, 0.25) is 0 Å². The van der Waals surface area contributed by atoms with Crippen molar-refractivity contribution in [3.05, 3.63) is 58.7 Å². The van der Waals surface area contributed by atoms with Crippen LogP contribution in [0.4, 0.5) is 8.78 Å². The molecular formula is C23H24F2N2O4. The van der Waals surface area contributed by atoms with E-state index in [1.807, 2.05) is 18.7 Å². The normalized spacial score (nSPS) is 14.4. The van der Waals surface area contributed by atoms with Gasteiger partial charge in [0.15, 0.2) is 0 Å². The first kappa shape index (κ1) is 22.5. The van der Waals surface area contributed by atoms with Crippen molar-refractivity contribution >= 4 is 5.97 Å². The molecule has 164 valence electrons. The molecule has 0 spiro atoms. The standard InChI is InChI=1S/C23H24F2N2O4/c1-14(2)31-21-6-3-15(7-17(21)9-26)13-30-19-5-4-16(20(8-19)22(24)25)10-27-11-18(12-27)23(28)29/h3-8,14,18,22H,10-13H2,1-2H3,(H,28,29). The highest BCUT2D eigenvalue weighted by atomic mass is 19.3. The zero-order valence-corrected chi connectivity index (χ0v) is 17.3. The molecule has 0 unspecified atom stereocenters. The molecule has 1 fully saturated rings. The van der Waals surface area contributed by atoms with Crippen molar-refractivity contribution in [2.45, 2.75) is 39.5 Å². The zero-order chi connectivity index (χ0) is 22.5. The van der Waals surface area contributed by atoms with Crippen molar-refractivity contribution in [2.24, 2.45) is 5.92 Å². The van der Waals surface area contributed by atoms with E-state index in [0.717, 1.165) is 5.56 Å². The van der Waals surface area contributed by atoms with Gasteiger partial charge >= 0.3 is 5.97 Å². The summed E-state index contributed by atoms with van der Waals surface area (Å²) >= 11 is 0. The third-order valence-corrected chi connectivity index (χ3v) is 4.99. The number of benzene rings is 2. The van der Waals surface area contributed by atoms with Gasteiger partial charge in [-0.1, -0.05) is 12.1 Å². The van der Waals surface area contributed by atoms with Crippen LogP contribution in [0.3, 0.4) is 0 Å². The van der Waals surface area contributed by atoms with Gasteiger partial charge < -0.3 is 14.6 Å². The number of aliphatic carboxylic acids is 1. The fraction of sp³-hybridized carbons (Fsp3) is 0.391. The summed E-state index contributed by atoms with van der Waals surface area (Å²) in [6.07, 6.45) is -2.74. The van der Waals surface area contributed by atoms with Gasteiger partial charge in [0.25, 0.3) is 6.43 Å². The van der Waals surface area contributed by atoms with Gasteiger partial charge in [-0.2, -0.15) is 5.26 Å². The van der Waals surface area contributed by atoms with Gasteiger partial charge in [-0.05, 0) is 49.2 Å². The molecular weight excluding hydrogens is 406 g/mol. The van der Waals surface area contributed by atoms with Gasteiger partial charge in [-0.25, -0.2) is 8.78 Å². The van der Waals surface area contributed by atoms with Gasteiger partial charge in [0, 0.05) is 25.2 Å². The van der Waals surface area contributed by atoms with Crippen molar-refractivity contribution < 1.29 is 28.2 Å². The molecule has 1 aliphatic rings. The van der Waals surface area contributed by atoms with Gasteiger partial charge in [0.1, 0.15) is 24.2 Å². The summed E-state index contributed by atoms with van der Waals surface area (Å²) in [6, 6.07) is 11.7. The molecule has 2 aromatic carbocycles. The summed E-state index contributed by atoms with van der Waals surface area (Å²) in [5.74, 6) is -0.514. The molecule has 1 aliphatic heterocycles. The van der Waals surface area contributed by atoms with Gasteiger partial charge in [-0.3, -0.25) is 9.69 Å². The Morgan fingerprint density at radius 2 is 2.00 bits per heavy atom. The minimum Gasteiger partial charge on any atom is -0.490 e. The number of hydrogen-bond acceptors (Lipinski definition) is 5. The first-order valence-corrected chi connectivity index (χ1v) is 9.95. The van der Waals surface area contributed by atoms with Crippen LogP contribution in [0.2, 0.25) is 0 Å². The third-order valence-electron chi connectivity index (χ3n) is 4.99. The van der Waals surface area contributed by atoms with Crippen molar-refractivity contribution in [3.8, 4) is 17.6 Å². The molecule has 3 rings (SSSR count). The zero-order valence-electron chi connectivity index (χ0n) is 17.3. The average molecular weight is 430 g/mol. The lowest BCUT2D eigenvalue weighted by Gasteiger charge is -2.37. The molecule has 0 aliphatic carbocycles. The van der Waals surface area contributed by atoms with Crippen molar-refractivity contribution in [3.63, 3.8) is 0 Å². The highest BCUT2D eigenvalue weighted by Gasteiger charge is 2.33. The summed E-state index contributed by atoms with van der Waals surface area (Å²) in [4.78, 5) is 12.7. The molecule has 1 N–H and O–H groups in total. The Labute approximate surface area is 179 Å². The van der Waals surface area contributed by atoms with Crippen LogP contribution in [0.1, 0.15) is 42.5 Å². The fourth-order valence-electron chi connectivity index (χ4n) is 3.38. The van der Waals surface area contributed by atoms with E-state index in [2.05, 4.69) is 6.07 Å². The number of carboxylic acids is 1. The number of ether oxygens (including phenoxy) is 2. The molecule has 0 atom stereocenters. The Balaban J connectivity index is 1.66. The van der Waals surface area contributed by atoms with Gasteiger partial charge in [0.05, 0.1) is 17.6 Å². The lowest BCUT2D eigenvalue weighted by atomic mass is 9.98. The Hall–Kier alpha value is -3.18. The van der Waals surface area contributed by atoms with E-state index in [1.54, 1.807) is 30.3 Å². The van der Waals surface area contributed by atoms with E-state index >= 15 is 0 Å². The number of rotatable bonds is 9. The molecule has 1 heterocycles. The quantitative estimate of drug-likeness (QED) is 0.636. The van der Waals surface area contributed by atoms with E-state index in [1.165, 1.54) is 6.07 Å². The Bertz CT molecular complexity index is 982. The molecule has 6 nitrogen and oxygen atoms in total. The minimum atomic E-state index is -2.67. The molecule has 0 saturated carbocycles. The SMILES string of the molecule is CC(C)Oc1ccc(COc2ccc(CN3CC(C(=O)O)C3)c(C(F)F)c2)cc1C#N. The first-order valence-electron chi connectivity index (χ1n) is 9.95. The second kappa shape index (κ2) is 9.75. The number of carbonyl (C=O) groups is 1. The minimum absolute atomic E-state index is 0.0632. The number of carboxylic acid groups (broad SMARTS) is 1. The number of alkyl halides is 2. The number of likely N-dealkylation sites (tertiary alicyclic amines) is 1. The summed E-state index contributed by atoms with van der Waals surface area (Å²) < 4.78 is 38.4. The van der Waals surface area contributed by atoms with E-state index < -0.39 is 18.3 Å². The second-order valence-corrected chi connectivity index (χ2v) is 7.79. The Morgan fingerprint density at radius 3 is 2.61 bits per heavy atom. The molecule has 2 aromatic rings. The maximum Gasteiger partial charge on any atom is 0.309 e. The predicted molar refractivity (Wildman–Crippen MR) is 109 cm³/mol. The average Bonchev–Trinajstić information content (AvgIpc) is 2.69. The van der Waals surface area contributed by atoms with Gasteiger partial charge in [-0.15, -0.1) is 0 Å². The van der Waals surface area contributed by atoms with Crippen molar-refractivity contribution in [2.75, 3.05) is 13.1 Å². The first-order chi connectivity index (χ1) is 14.8. The molecule has 0 aromatic heterocycles. The van der Waals surface area contributed by atoms with Crippen LogP contribution < -0.4 is 9.47 Å². The Kier molecular flexibility index (Phi) is 7.08. The van der Waals surface area contributed by atoms with Crippen LogP contribution in [0.25, 0.3) is 0 Å². The van der Waals surface area contributed by atoms with Crippen LogP contribution in [-0.4, -0.2) is 35.2 Å².